The van der Waals surface area contributed by atoms with E-state index in [1.54, 1.807) is 18.0 Å². The van der Waals surface area contributed by atoms with Gasteiger partial charge in [-0.2, -0.15) is 0 Å². The summed E-state index contributed by atoms with van der Waals surface area (Å²) in [5.41, 5.74) is -0.0226. The fraction of sp³-hybridized carbons (Fsp3) is 0.353. The number of carbonyl (C=O) groups is 2. The predicted octanol–water partition coefficient (Wildman–Crippen LogP) is 2.48. The van der Waals surface area contributed by atoms with Gasteiger partial charge in [-0.25, -0.2) is 4.98 Å². The van der Waals surface area contributed by atoms with Crippen molar-refractivity contribution in [2.75, 3.05) is 19.9 Å². The molecular weight excluding hydrogens is 344 g/mol. The highest BCUT2D eigenvalue weighted by Gasteiger charge is 2.42. The lowest BCUT2D eigenvalue weighted by molar-refractivity contribution is -0.147. The smallest absolute Gasteiger partial charge is 0.311 e. The van der Waals surface area contributed by atoms with Crippen molar-refractivity contribution >= 4 is 23.2 Å². The molecule has 1 aromatic heterocycles. The molecule has 0 aliphatic carbocycles. The number of thiazole rings is 1. The zero-order chi connectivity index (χ0) is 17.6. The molecule has 4 rings (SSSR count). The van der Waals surface area contributed by atoms with E-state index in [2.05, 4.69) is 4.98 Å². The van der Waals surface area contributed by atoms with Crippen molar-refractivity contribution in [3.63, 3.8) is 0 Å². The van der Waals surface area contributed by atoms with Gasteiger partial charge in [-0.1, -0.05) is 0 Å². The number of hydrogen-bond acceptors (Lipinski definition) is 6. The molecule has 2 aliphatic heterocycles. The Balaban J connectivity index is 1.53. The molecule has 1 saturated heterocycles. The summed E-state index contributed by atoms with van der Waals surface area (Å²) in [6.45, 7) is 2.54. The van der Waals surface area contributed by atoms with Crippen molar-refractivity contribution in [2.45, 2.75) is 13.3 Å². The number of carboxylic acid groups (broad SMARTS) is 1. The van der Waals surface area contributed by atoms with Gasteiger partial charge >= 0.3 is 5.97 Å². The number of fused-ring (bicyclic) bond motifs is 1. The van der Waals surface area contributed by atoms with Crippen LogP contribution in [0.1, 0.15) is 23.0 Å². The van der Waals surface area contributed by atoms with Crippen LogP contribution in [0.3, 0.4) is 0 Å². The molecule has 1 N–H and O–H groups in total. The lowest BCUT2D eigenvalue weighted by Gasteiger charge is -2.19. The van der Waals surface area contributed by atoms with E-state index in [4.69, 9.17) is 9.47 Å². The summed E-state index contributed by atoms with van der Waals surface area (Å²) in [6, 6.07) is 5.53. The third-order valence-electron chi connectivity index (χ3n) is 4.61. The highest BCUT2D eigenvalue weighted by atomic mass is 32.1. The highest BCUT2D eigenvalue weighted by Crippen LogP contribution is 2.37. The number of nitrogens with zero attached hydrogens (tertiary/aromatic N) is 2. The lowest BCUT2D eigenvalue weighted by Crippen LogP contribution is -2.34. The topological polar surface area (TPSA) is 89.0 Å². The first kappa shape index (κ1) is 15.9. The van der Waals surface area contributed by atoms with Crippen LogP contribution in [0, 0.1) is 5.41 Å². The summed E-state index contributed by atoms with van der Waals surface area (Å²) in [5, 5.41) is 10.0. The molecule has 1 aromatic carbocycles. The van der Waals surface area contributed by atoms with Crippen LogP contribution in [0.2, 0.25) is 0 Å². The predicted molar refractivity (Wildman–Crippen MR) is 89.9 cm³/mol. The lowest BCUT2D eigenvalue weighted by atomic mass is 9.90. The number of amides is 1. The van der Waals surface area contributed by atoms with E-state index in [1.165, 1.54) is 11.3 Å². The van der Waals surface area contributed by atoms with Crippen LogP contribution in [-0.4, -0.2) is 46.7 Å². The number of aliphatic carboxylic acids is 1. The van der Waals surface area contributed by atoms with Crippen LogP contribution in [0.5, 0.6) is 11.5 Å². The number of aromatic nitrogens is 1. The first-order valence-electron chi connectivity index (χ1n) is 7.85. The number of ether oxygens (including phenoxy) is 2. The van der Waals surface area contributed by atoms with Gasteiger partial charge in [-0.3, -0.25) is 9.59 Å². The molecule has 3 heterocycles. The van der Waals surface area contributed by atoms with Crippen molar-refractivity contribution in [1.82, 2.24) is 9.88 Å². The first-order chi connectivity index (χ1) is 12.0. The number of likely N-dealkylation sites (tertiary alicyclic amines) is 1. The number of carboxylic acids is 1. The van der Waals surface area contributed by atoms with Crippen LogP contribution in [0.25, 0.3) is 10.6 Å². The molecule has 8 heteroatoms. The summed E-state index contributed by atoms with van der Waals surface area (Å²) in [6.07, 6.45) is 2.01. The van der Waals surface area contributed by atoms with Gasteiger partial charge in [0.15, 0.2) is 11.5 Å². The molecule has 1 amide bonds. The maximum atomic E-state index is 12.6. The standard InChI is InChI=1S/C17H16N2O5S/c1-17(16(21)22)4-5-19(8-17)15(20)13-7-18-14(25-13)10-2-3-11-12(6-10)24-9-23-11/h2-3,6-7H,4-5,8-9H2,1H3,(H,21,22). The zero-order valence-electron chi connectivity index (χ0n) is 13.5. The van der Waals surface area contributed by atoms with Crippen molar-refractivity contribution in [3.05, 3.63) is 29.3 Å². The van der Waals surface area contributed by atoms with Gasteiger partial charge in [0, 0.05) is 18.7 Å². The Bertz CT molecular complexity index is 864. The number of carbonyl (C=O) groups excluding carboxylic acids is 1. The summed E-state index contributed by atoms with van der Waals surface area (Å²) in [7, 11) is 0. The zero-order valence-corrected chi connectivity index (χ0v) is 14.3. The van der Waals surface area contributed by atoms with Gasteiger partial charge in [0.25, 0.3) is 5.91 Å². The molecule has 0 radical (unpaired) electrons. The Hall–Kier alpha value is -2.61. The average molecular weight is 360 g/mol. The Morgan fingerprint density at radius 3 is 2.88 bits per heavy atom. The first-order valence-corrected chi connectivity index (χ1v) is 8.66. The molecule has 0 saturated carbocycles. The molecule has 0 bridgehead atoms. The average Bonchev–Trinajstić information content (AvgIpc) is 3.33. The third kappa shape index (κ3) is 2.72. The van der Waals surface area contributed by atoms with E-state index in [-0.39, 0.29) is 19.2 Å². The molecule has 2 aromatic rings. The minimum Gasteiger partial charge on any atom is -0.481 e. The maximum absolute atomic E-state index is 12.6. The fourth-order valence-electron chi connectivity index (χ4n) is 3.00. The SMILES string of the molecule is CC1(C(=O)O)CCN(C(=O)c2cnc(-c3ccc4c(c3)OCO4)s2)C1. The molecule has 1 atom stereocenters. The maximum Gasteiger partial charge on any atom is 0.311 e. The summed E-state index contributed by atoms with van der Waals surface area (Å²) in [5.74, 6) is 0.321. The molecular formula is C17H16N2O5S. The number of benzene rings is 1. The van der Waals surface area contributed by atoms with E-state index >= 15 is 0 Å². The van der Waals surface area contributed by atoms with Gasteiger partial charge in [-0.15, -0.1) is 11.3 Å². The van der Waals surface area contributed by atoms with Crippen LogP contribution in [-0.2, 0) is 4.79 Å². The van der Waals surface area contributed by atoms with Crippen molar-refractivity contribution in [3.8, 4) is 22.1 Å². The van der Waals surface area contributed by atoms with E-state index < -0.39 is 11.4 Å². The molecule has 130 valence electrons. The number of hydrogen-bond donors (Lipinski definition) is 1. The normalized spacial score (nSPS) is 21.6. The van der Waals surface area contributed by atoms with E-state index in [0.29, 0.717) is 34.3 Å². The van der Waals surface area contributed by atoms with Crippen LogP contribution >= 0.6 is 11.3 Å². The molecule has 7 nitrogen and oxygen atoms in total. The second kappa shape index (κ2) is 5.73. The van der Waals surface area contributed by atoms with Crippen molar-refractivity contribution in [1.29, 1.82) is 0 Å². The molecule has 1 unspecified atom stereocenters. The summed E-state index contributed by atoms with van der Waals surface area (Å²) in [4.78, 5) is 30.4. The quantitative estimate of drug-likeness (QED) is 0.904. The molecule has 1 fully saturated rings. The summed E-state index contributed by atoms with van der Waals surface area (Å²) >= 11 is 1.29. The Labute approximate surface area is 147 Å². The minimum atomic E-state index is -0.875. The largest absolute Gasteiger partial charge is 0.481 e. The Morgan fingerprint density at radius 1 is 1.32 bits per heavy atom. The van der Waals surface area contributed by atoms with Crippen LogP contribution < -0.4 is 9.47 Å². The Kier molecular flexibility index (Phi) is 3.64. The second-order valence-corrected chi connectivity index (χ2v) is 7.47. The van der Waals surface area contributed by atoms with Gasteiger partial charge < -0.3 is 19.5 Å². The second-order valence-electron chi connectivity index (χ2n) is 6.44. The van der Waals surface area contributed by atoms with Crippen LogP contribution in [0.15, 0.2) is 24.4 Å². The molecule has 25 heavy (non-hydrogen) atoms. The van der Waals surface area contributed by atoms with Crippen LogP contribution in [0.4, 0.5) is 0 Å². The highest BCUT2D eigenvalue weighted by molar-refractivity contribution is 7.16. The van der Waals surface area contributed by atoms with Gasteiger partial charge in [0.1, 0.15) is 9.88 Å². The minimum absolute atomic E-state index is 0.172. The fourth-order valence-corrected chi connectivity index (χ4v) is 3.88. The summed E-state index contributed by atoms with van der Waals surface area (Å²) < 4.78 is 10.7. The third-order valence-corrected chi connectivity index (χ3v) is 5.65. The Morgan fingerprint density at radius 2 is 2.12 bits per heavy atom. The molecule has 2 aliphatic rings. The monoisotopic (exact) mass is 360 g/mol. The van der Waals surface area contributed by atoms with Crippen molar-refractivity contribution in [2.24, 2.45) is 5.41 Å². The van der Waals surface area contributed by atoms with E-state index in [0.717, 1.165) is 5.56 Å². The van der Waals surface area contributed by atoms with E-state index in [1.807, 2.05) is 18.2 Å². The van der Waals surface area contributed by atoms with Crippen molar-refractivity contribution < 1.29 is 24.2 Å². The molecule has 0 spiro atoms. The number of rotatable bonds is 3. The van der Waals surface area contributed by atoms with Gasteiger partial charge in [0.05, 0.1) is 11.6 Å². The van der Waals surface area contributed by atoms with E-state index in [9.17, 15) is 14.7 Å². The van der Waals surface area contributed by atoms with Gasteiger partial charge in [-0.05, 0) is 31.5 Å². The van der Waals surface area contributed by atoms with Gasteiger partial charge in [0.2, 0.25) is 6.79 Å².